The van der Waals surface area contributed by atoms with Gasteiger partial charge in [-0.25, -0.2) is 0 Å². The van der Waals surface area contributed by atoms with Crippen molar-refractivity contribution in [2.24, 2.45) is 5.92 Å². The van der Waals surface area contributed by atoms with E-state index >= 15 is 0 Å². The molecule has 0 bridgehead atoms. The molecule has 2 nitrogen and oxygen atoms in total. The van der Waals surface area contributed by atoms with Crippen LogP contribution in [0.5, 0.6) is 0 Å². The maximum Gasteiger partial charge on any atom is 0.134 e. The van der Waals surface area contributed by atoms with Crippen molar-refractivity contribution >= 4 is 11.0 Å². The highest BCUT2D eigenvalue weighted by Crippen LogP contribution is 2.28. The second kappa shape index (κ2) is 6.45. The van der Waals surface area contributed by atoms with Crippen molar-refractivity contribution < 1.29 is 4.42 Å². The molecular weight excluding hydrogens is 246 g/mol. The molecule has 2 aromatic rings. The number of furan rings is 1. The zero-order valence-electron chi connectivity index (χ0n) is 12.5. The Morgan fingerprint density at radius 1 is 1.20 bits per heavy atom. The average Bonchev–Trinajstić information content (AvgIpc) is 3.06. The Bertz CT molecular complexity index is 552. The molecule has 1 saturated carbocycles. The number of hydrogen-bond acceptors (Lipinski definition) is 2. The molecule has 1 aliphatic carbocycles. The zero-order chi connectivity index (χ0) is 13.8. The third kappa shape index (κ3) is 3.06. The highest BCUT2D eigenvalue weighted by atomic mass is 16.3. The second-order valence-electron chi connectivity index (χ2n) is 6.10. The third-order valence-corrected chi connectivity index (χ3v) is 4.64. The molecule has 0 spiro atoms. The maximum atomic E-state index is 5.80. The van der Waals surface area contributed by atoms with Crippen LogP contribution in [0.3, 0.4) is 0 Å². The van der Waals surface area contributed by atoms with E-state index < -0.39 is 0 Å². The largest absolute Gasteiger partial charge is 0.461 e. The summed E-state index contributed by atoms with van der Waals surface area (Å²) in [4.78, 5) is 0. The first-order chi connectivity index (χ1) is 9.84. The molecule has 108 valence electrons. The van der Waals surface area contributed by atoms with Crippen LogP contribution in [0.25, 0.3) is 11.0 Å². The molecule has 1 aliphatic rings. The van der Waals surface area contributed by atoms with E-state index in [1.54, 1.807) is 0 Å². The van der Waals surface area contributed by atoms with Gasteiger partial charge in [-0.2, -0.15) is 0 Å². The molecule has 2 heteroatoms. The summed E-state index contributed by atoms with van der Waals surface area (Å²) in [5.74, 6) is 2.06. The van der Waals surface area contributed by atoms with Gasteiger partial charge >= 0.3 is 0 Å². The summed E-state index contributed by atoms with van der Waals surface area (Å²) in [5, 5.41) is 4.84. The summed E-state index contributed by atoms with van der Waals surface area (Å²) in [7, 11) is 0. The number of hydrogen-bond donors (Lipinski definition) is 1. The van der Waals surface area contributed by atoms with Gasteiger partial charge in [0.15, 0.2) is 0 Å². The fourth-order valence-electron chi connectivity index (χ4n) is 3.47. The number of nitrogens with one attached hydrogen (secondary N) is 1. The molecule has 0 amide bonds. The van der Waals surface area contributed by atoms with Gasteiger partial charge < -0.3 is 9.73 Å². The van der Waals surface area contributed by atoms with E-state index in [1.807, 2.05) is 12.1 Å². The summed E-state index contributed by atoms with van der Waals surface area (Å²) in [5.41, 5.74) is 2.33. The van der Waals surface area contributed by atoms with Crippen LogP contribution in [0.1, 0.15) is 49.8 Å². The molecule has 1 aromatic heterocycles. The maximum absolute atomic E-state index is 5.80. The lowest BCUT2D eigenvalue weighted by atomic mass is 10.0. The molecule has 0 radical (unpaired) electrons. The van der Waals surface area contributed by atoms with Crippen LogP contribution in [-0.4, -0.2) is 6.54 Å². The normalized spacial score (nSPS) is 16.2. The standard InChI is InChI=1S/C18H25NO/c1-14-17(16-10-4-5-11-18(16)20-14)13-19-12-6-9-15-7-2-3-8-15/h4-5,10-11,15,19H,2-3,6-9,12-13H2,1H3. The van der Waals surface area contributed by atoms with Gasteiger partial charge in [0.05, 0.1) is 0 Å². The summed E-state index contributed by atoms with van der Waals surface area (Å²) in [6.07, 6.45) is 8.55. The fourth-order valence-corrected chi connectivity index (χ4v) is 3.47. The van der Waals surface area contributed by atoms with E-state index in [9.17, 15) is 0 Å². The summed E-state index contributed by atoms with van der Waals surface area (Å²) in [6, 6.07) is 8.32. The van der Waals surface area contributed by atoms with Crippen molar-refractivity contribution in [3.8, 4) is 0 Å². The van der Waals surface area contributed by atoms with E-state index in [0.29, 0.717) is 0 Å². The first kappa shape index (κ1) is 13.7. The molecule has 3 rings (SSSR count). The van der Waals surface area contributed by atoms with Gasteiger partial charge in [-0.3, -0.25) is 0 Å². The Hall–Kier alpha value is -1.28. The summed E-state index contributed by atoms with van der Waals surface area (Å²) in [6.45, 7) is 4.11. The van der Waals surface area contributed by atoms with E-state index in [4.69, 9.17) is 4.42 Å². The van der Waals surface area contributed by atoms with Crippen molar-refractivity contribution in [3.05, 3.63) is 35.6 Å². The lowest BCUT2D eigenvalue weighted by Crippen LogP contribution is -2.15. The number of para-hydroxylation sites is 1. The molecule has 0 aliphatic heterocycles. The van der Waals surface area contributed by atoms with Crippen molar-refractivity contribution in [2.75, 3.05) is 6.54 Å². The third-order valence-electron chi connectivity index (χ3n) is 4.64. The van der Waals surface area contributed by atoms with Crippen LogP contribution in [0.2, 0.25) is 0 Å². The van der Waals surface area contributed by atoms with Crippen molar-refractivity contribution in [1.82, 2.24) is 5.32 Å². The van der Waals surface area contributed by atoms with Crippen LogP contribution in [0.15, 0.2) is 28.7 Å². The average molecular weight is 271 g/mol. The molecule has 1 heterocycles. The van der Waals surface area contributed by atoms with E-state index in [2.05, 4.69) is 24.4 Å². The molecule has 0 atom stereocenters. The van der Waals surface area contributed by atoms with Crippen molar-refractivity contribution in [3.63, 3.8) is 0 Å². The monoisotopic (exact) mass is 271 g/mol. The molecular formula is C18H25NO. The highest BCUT2D eigenvalue weighted by molar-refractivity contribution is 5.82. The van der Waals surface area contributed by atoms with Gasteiger partial charge in [-0.15, -0.1) is 0 Å². The summed E-state index contributed by atoms with van der Waals surface area (Å²) < 4.78 is 5.80. The van der Waals surface area contributed by atoms with E-state index in [1.165, 1.54) is 49.5 Å². The number of rotatable bonds is 6. The Balaban J connectivity index is 1.48. The van der Waals surface area contributed by atoms with Gasteiger partial charge in [-0.1, -0.05) is 43.9 Å². The topological polar surface area (TPSA) is 25.2 Å². The molecule has 1 fully saturated rings. The minimum Gasteiger partial charge on any atom is -0.461 e. The number of aryl methyl sites for hydroxylation is 1. The first-order valence-electron chi connectivity index (χ1n) is 8.02. The summed E-state index contributed by atoms with van der Waals surface area (Å²) >= 11 is 0. The molecule has 20 heavy (non-hydrogen) atoms. The Kier molecular flexibility index (Phi) is 4.41. The molecule has 1 N–H and O–H groups in total. The van der Waals surface area contributed by atoms with Gasteiger partial charge in [0.25, 0.3) is 0 Å². The quantitative estimate of drug-likeness (QED) is 0.763. The van der Waals surface area contributed by atoms with Crippen LogP contribution >= 0.6 is 0 Å². The number of fused-ring (bicyclic) bond motifs is 1. The lowest BCUT2D eigenvalue weighted by molar-refractivity contribution is 0.469. The first-order valence-corrected chi connectivity index (χ1v) is 8.02. The zero-order valence-corrected chi connectivity index (χ0v) is 12.5. The Morgan fingerprint density at radius 3 is 2.85 bits per heavy atom. The van der Waals surface area contributed by atoms with Crippen LogP contribution in [0.4, 0.5) is 0 Å². The van der Waals surface area contributed by atoms with Crippen molar-refractivity contribution in [2.45, 2.75) is 52.0 Å². The molecule has 0 unspecified atom stereocenters. The second-order valence-corrected chi connectivity index (χ2v) is 6.10. The van der Waals surface area contributed by atoms with Gasteiger partial charge in [0.1, 0.15) is 11.3 Å². The minimum atomic E-state index is 0.924. The lowest BCUT2D eigenvalue weighted by Gasteiger charge is -2.09. The highest BCUT2D eigenvalue weighted by Gasteiger charge is 2.14. The molecule has 0 saturated heterocycles. The Labute approximate surface area is 121 Å². The van der Waals surface area contributed by atoms with Crippen LogP contribution in [0, 0.1) is 12.8 Å². The number of benzene rings is 1. The predicted molar refractivity (Wildman–Crippen MR) is 83.8 cm³/mol. The van der Waals surface area contributed by atoms with Gasteiger partial charge in [-0.05, 0) is 38.3 Å². The van der Waals surface area contributed by atoms with E-state index in [-0.39, 0.29) is 0 Å². The SMILES string of the molecule is Cc1oc2ccccc2c1CNCCCC1CCCC1. The Morgan fingerprint density at radius 2 is 2.00 bits per heavy atom. The van der Waals surface area contributed by atoms with Crippen LogP contribution in [-0.2, 0) is 6.54 Å². The molecule has 1 aromatic carbocycles. The fraction of sp³-hybridized carbons (Fsp3) is 0.556. The predicted octanol–water partition coefficient (Wildman–Crippen LogP) is 4.80. The minimum absolute atomic E-state index is 0.924. The smallest absolute Gasteiger partial charge is 0.134 e. The van der Waals surface area contributed by atoms with Gasteiger partial charge in [0, 0.05) is 17.5 Å². The van der Waals surface area contributed by atoms with Crippen molar-refractivity contribution in [1.29, 1.82) is 0 Å². The van der Waals surface area contributed by atoms with E-state index in [0.717, 1.165) is 30.4 Å². The van der Waals surface area contributed by atoms with Gasteiger partial charge in [0.2, 0.25) is 0 Å². The van der Waals surface area contributed by atoms with Crippen LogP contribution < -0.4 is 5.32 Å².